The Kier molecular flexibility index (Phi) is 5.18. The topological polar surface area (TPSA) is 71.8 Å². The van der Waals surface area contributed by atoms with Crippen LogP contribution in [0.5, 0.6) is 5.75 Å². The summed E-state index contributed by atoms with van der Waals surface area (Å²) >= 11 is 0. The van der Waals surface area contributed by atoms with E-state index in [9.17, 15) is 10.1 Å². The molecule has 1 aromatic heterocycles. The first-order valence-corrected chi connectivity index (χ1v) is 6.73. The highest BCUT2D eigenvalue weighted by molar-refractivity contribution is 6.60. The Hall–Kier alpha value is -1.11. The molecule has 0 fully saturated rings. The lowest BCUT2D eigenvalue weighted by Crippen LogP contribution is -2.53. The summed E-state index contributed by atoms with van der Waals surface area (Å²) in [5.41, 5.74) is -1.52. The molecule has 0 bridgehead atoms. The van der Waals surface area contributed by atoms with Gasteiger partial charge in [-0.2, -0.15) is 0 Å². The first-order chi connectivity index (χ1) is 9.03. The largest absolute Gasteiger partial charge is 0.493 e. The maximum Gasteiger partial charge on any atom is 0.493 e. The standard InChI is InChI=1S/C14H24BNO4/c1-10(2)19-12-7-11(8-16-9-12)15(18)20-14(5,6)13(3,4)17/h7-10,17-18H,1-6H3. The van der Waals surface area contributed by atoms with Gasteiger partial charge in [0.1, 0.15) is 5.75 Å². The van der Waals surface area contributed by atoms with Crippen molar-refractivity contribution in [2.24, 2.45) is 0 Å². The third-order valence-electron chi connectivity index (χ3n) is 3.27. The Bertz CT molecular complexity index is 443. The molecule has 0 saturated carbocycles. The van der Waals surface area contributed by atoms with Gasteiger partial charge in [0.25, 0.3) is 0 Å². The molecule has 0 aromatic carbocycles. The van der Waals surface area contributed by atoms with Gasteiger partial charge in [0.2, 0.25) is 0 Å². The van der Waals surface area contributed by atoms with Crippen LogP contribution in [0.2, 0.25) is 0 Å². The fraction of sp³-hybridized carbons (Fsp3) is 0.643. The predicted molar refractivity (Wildman–Crippen MR) is 79.1 cm³/mol. The monoisotopic (exact) mass is 281 g/mol. The van der Waals surface area contributed by atoms with Crippen LogP contribution in [0, 0.1) is 0 Å². The van der Waals surface area contributed by atoms with Crippen molar-refractivity contribution in [2.45, 2.75) is 58.8 Å². The molecule has 0 aliphatic heterocycles. The number of hydrogen-bond acceptors (Lipinski definition) is 5. The maximum absolute atomic E-state index is 10.1. The van der Waals surface area contributed by atoms with Crippen LogP contribution in [0.25, 0.3) is 0 Å². The van der Waals surface area contributed by atoms with Gasteiger partial charge < -0.3 is 19.5 Å². The number of ether oxygens (including phenoxy) is 1. The normalized spacial score (nSPS) is 12.7. The molecule has 0 atom stereocenters. The minimum Gasteiger partial charge on any atom is -0.489 e. The first-order valence-electron chi connectivity index (χ1n) is 6.73. The first kappa shape index (κ1) is 16.9. The number of pyridine rings is 1. The summed E-state index contributed by atoms with van der Waals surface area (Å²) in [4.78, 5) is 4.02. The van der Waals surface area contributed by atoms with E-state index in [0.29, 0.717) is 11.2 Å². The molecule has 6 heteroatoms. The molecule has 1 heterocycles. The van der Waals surface area contributed by atoms with Crippen LogP contribution in [0.15, 0.2) is 18.5 Å². The smallest absolute Gasteiger partial charge is 0.489 e. The fourth-order valence-corrected chi connectivity index (χ4v) is 1.40. The number of rotatable bonds is 6. The molecular weight excluding hydrogens is 257 g/mol. The van der Waals surface area contributed by atoms with Crippen LogP contribution in [0.3, 0.4) is 0 Å². The fourth-order valence-electron chi connectivity index (χ4n) is 1.40. The van der Waals surface area contributed by atoms with Gasteiger partial charge in [-0.25, -0.2) is 0 Å². The second kappa shape index (κ2) is 6.12. The number of hydrogen-bond donors (Lipinski definition) is 2. The van der Waals surface area contributed by atoms with Crippen LogP contribution in [-0.2, 0) is 4.65 Å². The van der Waals surface area contributed by atoms with E-state index >= 15 is 0 Å². The van der Waals surface area contributed by atoms with Crippen molar-refractivity contribution in [3.8, 4) is 5.75 Å². The van der Waals surface area contributed by atoms with Gasteiger partial charge in [0, 0.05) is 11.7 Å². The molecule has 0 radical (unpaired) electrons. The molecule has 0 aliphatic rings. The van der Waals surface area contributed by atoms with Crippen LogP contribution >= 0.6 is 0 Å². The van der Waals surface area contributed by atoms with Crippen molar-refractivity contribution < 1.29 is 19.5 Å². The van der Waals surface area contributed by atoms with Crippen LogP contribution in [0.4, 0.5) is 0 Å². The average molecular weight is 281 g/mol. The van der Waals surface area contributed by atoms with Gasteiger partial charge in [-0.15, -0.1) is 0 Å². The number of aromatic nitrogens is 1. The van der Waals surface area contributed by atoms with E-state index in [1.165, 1.54) is 6.20 Å². The Morgan fingerprint density at radius 2 is 1.80 bits per heavy atom. The summed E-state index contributed by atoms with van der Waals surface area (Å²) in [6.07, 6.45) is 3.12. The molecule has 0 amide bonds. The zero-order valence-electron chi connectivity index (χ0n) is 13.0. The van der Waals surface area contributed by atoms with Gasteiger partial charge in [-0.1, -0.05) is 0 Å². The molecule has 0 spiro atoms. The molecule has 0 aliphatic carbocycles. The summed E-state index contributed by atoms with van der Waals surface area (Å²) in [6.45, 7) is 10.5. The van der Waals surface area contributed by atoms with Crippen LogP contribution < -0.4 is 10.2 Å². The molecular formula is C14H24BNO4. The molecule has 5 nitrogen and oxygen atoms in total. The average Bonchev–Trinajstić information content (AvgIpc) is 2.26. The third-order valence-corrected chi connectivity index (χ3v) is 3.27. The summed E-state index contributed by atoms with van der Waals surface area (Å²) in [7, 11) is -1.18. The van der Waals surface area contributed by atoms with E-state index in [4.69, 9.17) is 9.39 Å². The Labute approximate surface area is 121 Å². The van der Waals surface area contributed by atoms with Crippen molar-refractivity contribution in [1.82, 2.24) is 4.98 Å². The van der Waals surface area contributed by atoms with Crippen molar-refractivity contribution in [2.75, 3.05) is 0 Å². The third kappa shape index (κ3) is 4.47. The van der Waals surface area contributed by atoms with Gasteiger partial charge >= 0.3 is 7.12 Å². The molecule has 0 saturated heterocycles. The minimum absolute atomic E-state index is 0.0259. The van der Waals surface area contributed by atoms with Crippen molar-refractivity contribution in [3.05, 3.63) is 18.5 Å². The molecule has 1 rings (SSSR count). The zero-order chi connectivity index (χ0) is 15.6. The highest BCUT2D eigenvalue weighted by Crippen LogP contribution is 2.25. The summed E-state index contributed by atoms with van der Waals surface area (Å²) in [6, 6.07) is 1.68. The summed E-state index contributed by atoms with van der Waals surface area (Å²) in [5.74, 6) is 0.571. The van der Waals surface area contributed by atoms with Gasteiger partial charge in [-0.3, -0.25) is 4.98 Å². The quantitative estimate of drug-likeness (QED) is 0.765. The second-order valence-corrected chi connectivity index (χ2v) is 6.16. The van der Waals surface area contributed by atoms with Crippen molar-refractivity contribution in [3.63, 3.8) is 0 Å². The Balaban J connectivity index is 2.85. The maximum atomic E-state index is 10.1. The number of aliphatic hydroxyl groups is 1. The van der Waals surface area contributed by atoms with Crippen molar-refractivity contribution in [1.29, 1.82) is 0 Å². The SMILES string of the molecule is CC(C)Oc1cncc(B(O)OC(C)(C)C(C)(C)O)c1. The molecule has 112 valence electrons. The second-order valence-electron chi connectivity index (χ2n) is 6.16. The van der Waals surface area contributed by atoms with E-state index in [2.05, 4.69) is 4.98 Å². The molecule has 1 aromatic rings. The van der Waals surface area contributed by atoms with Crippen molar-refractivity contribution >= 4 is 12.6 Å². The van der Waals surface area contributed by atoms with Gasteiger partial charge in [0.15, 0.2) is 0 Å². The van der Waals surface area contributed by atoms with Gasteiger partial charge in [-0.05, 0) is 47.6 Å². The molecule has 2 N–H and O–H groups in total. The molecule has 20 heavy (non-hydrogen) atoms. The van der Waals surface area contributed by atoms with E-state index < -0.39 is 18.3 Å². The van der Waals surface area contributed by atoms with E-state index in [1.54, 1.807) is 40.0 Å². The minimum atomic E-state index is -1.18. The van der Waals surface area contributed by atoms with E-state index in [1.807, 2.05) is 13.8 Å². The van der Waals surface area contributed by atoms with Crippen LogP contribution in [-0.4, -0.2) is 39.5 Å². The molecule has 0 unspecified atom stereocenters. The summed E-state index contributed by atoms with van der Waals surface area (Å²) < 4.78 is 11.1. The summed E-state index contributed by atoms with van der Waals surface area (Å²) in [5, 5.41) is 20.2. The lowest BCUT2D eigenvalue weighted by molar-refractivity contribution is -0.0982. The lowest BCUT2D eigenvalue weighted by atomic mass is 9.77. The van der Waals surface area contributed by atoms with E-state index in [-0.39, 0.29) is 6.10 Å². The highest BCUT2D eigenvalue weighted by Gasteiger charge is 2.39. The lowest BCUT2D eigenvalue weighted by Gasteiger charge is -2.38. The van der Waals surface area contributed by atoms with Gasteiger partial charge in [0.05, 0.1) is 23.5 Å². The Morgan fingerprint density at radius 1 is 1.20 bits per heavy atom. The van der Waals surface area contributed by atoms with Crippen LogP contribution in [0.1, 0.15) is 41.5 Å². The highest BCUT2D eigenvalue weighted by atomic mass is 16.5. The van der Waals surface area contributed by atoms with E-state index in [0.717, 1.165) is 0 Å². The predicted octanol–water partition coefficient (Wildman–Crippen LogP) is 1.12. The number of nitrogens with zero attached hydrogens (tertiary/aromatic N) is 1. The zero-order valence-corrected chi connectivity index (χ0v) is 13.0. The Morgan fingerprint density at radius 3 is 2.30 bits per heavy atom.